The number of carbonyl (C=O) groups is 2. The second kappa shape index (κ2) is 10.3. The molecule has 2 fully saturated rings. The lowest BCUT2D eigenvalue weighted by Crippen LogP contribution is -2.47. The molecule has 6 nitrogen and oxygen atoms in total. The summed E-state index contributed by atoms with van der Waals surface area (Å²) in [6.45, 7) is 6.30. The summed E-state index contributed by atoms with van der Waals surface area (Å²) >= 11 is 0. The van der Waals surface area contributed by atoms with E-state index in [-0.39, 0.29) is 23.5 Å². The van der Waals surface area contributed by atoms with Gasteiger partial charge in [-0.3, -0.25) is 9.59 Å². The molecule has 1 aromatic carbocycles. The van der Waals surface area contributed by atoms with Crippen molar-refractivity contribution in [1.29, 1.82) is 0 Å². The van der Waals surface area contributed by atoms with Gasteiger partial charge in [0.25, 0.3) is 0 Å². The Kier molecular flexibility index (Phi) is 7.75. The highest BCUT2D eigenvalue weighted by molar-refractivity contribution is 5.76. The van der Waals surface area contributed by atoms with Gasteiger partial charge in [0, 0.05) is 32.5 Å². The average molecular weight is 417 g/mol. The lowest BCUT2D eigenvalue weighted by Gasteiger charge is -2.39. The first-order valence-corrected chi connectivity index (χ1v) is 11.2. The Hall–Kier alpha value is -2.08. The molecule has 2 heterocycles. The fourth-order valence-electron chi connectivity index (χ4n) is 4.42. The van der Waals surface area contributed by atoms with Gasteiger partial charge in [-0.1, -0.05) is 26.0 Å². The van der Waals surface area contributed by atoms with Gasteiger partial charge in [-0.15, -0.1) is 0 Å². The summed E-state index contributed by atoms with van der Waals surface area (Å²) in [6.07, 6.45) is 5.68. The zero-order valence-corrected chi connectivity index (χ0v) is 18.6. The van der Waals surface area contributed by atoms with E-state index in [9.17, 15) is 9.59 Å². The Morgan fingerprint density at radius 3 is 2.53 bits per heavy atom. The van der Waals surface area contributed by atoms with Crippen molar-refractivity contribution in [3.63, 3.8) is 0 Å². The maximum Gasteiger partial charge on any atom is 0.222 e. The third-order valence-corrected chi connectivity index (χ3v) is 6.28. The van der Waals surface area contributed by atoms with Crippen LogP contribution in [0.25, 0.3) is 0 Å². The minimum absolute atomic E-state index is 0.0597. The number of likely N-dealkylation sites (tertiary alicyclic amines) is 1. The summed E-state index contributed by atoms with van der Waals surface area (Å²) in [5, 5.41) is 3.03. The van der Waals surface area contributed by atoms with Crippen molar-refractivity contribution in [2.75, 3.05) is 26.7 Å². The van der Waals surface area contributed by atoms with E-state index < -0.39 is 0 Å². The third kappa shape index (κ3) is 6.21. The highest BCUT2D eigenvalue weighted by Crippen LogP contribution is 2.38. The van der Waals surface area contributed by atoms with Gasteiger partial charge >= 0.3 is 0 Å². The van der Waals surface area contributed by atoms with Crippen molar-refractivity contribution in [3.05, 3.63) is 29.8 Å². The van der Waals surface area contributed by atoms with Crippen molar-refractivity contribution in [2.24, 2.45) is 5.92 Å². The number of aryl methyl sites for hydroxylation is 1. The SMILES string of the molecule is COc1ccc(CCC(=O)NCC2CCC3(CCN(C(=O)CC(C)C)CC3)O2)cc1. The van der Waals surface area contributed by atoms with Crippen LogP contribution in [0.2, 0.25) is 0 Å². The first kappa shape index (κ1) is 22.6. The fraction of sp³-hybridized carbons (Fsp3) is 0.667. The number of hydrogen-bond donors (Lipinski definition) is 1. The molecular formula is C24H36N2O4. The van der Waals surface area contributed by atoms with E-state index in [0.717, 1.165) is 50.1 Å². The zero-order valence-electron chi connectivity index (χ0n) is 18.6. The molecular weight excluding hydrogens is 380 g/mol. The van der Waals surface area contributed by atoms with E-state index in [4.69, 9.17) is 9.47 Å². The normalized spacial score (nSPS) is 20.5. The van der Waals surface area contributed by atoms with Crippen molar-refractivity contribution >= 4 is 11.8 Å². The Balaban J connectivity index is 1.35. The van der Waals surface area contributed by atoms with E-state index in [2.05, 4.69) is 19.2 Å². The number of rotatable bonds is 8. The highest BCUT2D eigenvalue weighted by atomic mass is 16.5. The summed E-state index contributed by atoms with van der Waals surface area (Å²) in [5.41, 5.74) is 1.02. The van der Waals surface area contributed by atoms with Crippen LogP contribution in [0.15, 0.2) is 24.3 Å². The van der Waals surface area contributed by atoms with Crippen LogP contribution < -0.4 is 10.1 Å². The van der Waals surface area contributed by atoms with Gasteiger partial charge in [-0.05, 0) is 55.7 Å². The van der Waals surface area contributed by atoms with Crippen molar-refractivity contribution in [3.8, 4) is 5.75 Å². The number of piperidine rings is 1. The van der Waals surface area contributed by atoms with Gasteiger partial charge < -0.3 is 19.7 Å². The molecule has 1 atom stereocenters. The molecule has 0 radical (unpaired) electrons. The molecule has 0 aromatic heterocycles. The molecule has 0 bridgehead atoms. The van der Waals surface area contributed by atoms with Crippen LogP contribution in [-0.4, -0.2) is 55.2 Å². The number of ether oxygens (including phenoxy) is 2. The molecule has 1 spiro atoms. The molecule has 0 aliphatic carbocycles. The van der Waals surface area contributed by atoms with Gasteiger partial charge in [-0.2, -0.15) is 0 Å². The van der Waals surface area contributed by atoms with Gasteiger partial charge in [0.05, 0.1) is 18.8 Å². The number of methoxy groups -OCH3 is 1. The fourth-order valence-corrected chi connectivity index (χ4v) is 4.42. The maximum absolute atomic E-state index is 12.3. The number of hydrogen-bond acceptors (Lipinski definition) is 4. The second-order valence-electron chi connectivity index (χ2n) is 9.09. The quantitative estimate of drug-likeness (QED) is 0.706. The molecule has 0 saturated carbocycles. The summed E-state index contributed by atoms with van der Waals surface area (Å²) in [6, 6.07) is 7.82. The Labute approximate surface area is 180 Å². The summed E-state index contributed by atoms with van der Waals surface area (Å²) < 4.78 is 11.5. The molecule has 166 valence electrons. The Bertz CT molecular complexity index is 708. The largest absolute Gasteiger partial charge is 0.497 e. The minimum Gasteiger partial charge on any atom is -0.497 e. The topological polar surface area (TPSA) is 67.9 Å². The average Bonchev–Trinajstić information content (AvgIpc) is 3.13. The lowest BCUT2D eigenvalue weighted by atomic mass is 9.88. The lowest BCUT2D eigenvalue weighted by molar-refractivity contribution is -0.138. The van der Waals surface area contributed by atoms with Crippen LogP contribution in [0.5, 0.6) is 5.75 Å². The van der Waals surface area contributed by atoms with Crippen molar-refractivity contribution in [1.82, 2.24) is 10.2 Å². The van der Waals surface area contributed by atoms with Crippen LogP contribution in [0.4, 0.5) is 0 Å². The van der Waals surface area contributed by atoms with Gasteiger partial charge in [0.2, 0.25) is 11.8 Å². The van der Waals surface area contributed by atoms with Crippen molar-refractivity contribution in [2.45, 2.75) is 70.5 Å². The highest BCUT2D eigenvalue weighted by Gasteiger charge is 2.43. The van der Waals surface area contributed by atoms with Crippen molar-refractivity contribution < 1.29 is 19.1 Å². The van der Waals surface area contributed by atoms with Gasteiger partial charge in [0.1, 0.15) is 5.75 Å². The Morgan fingerprint density at radius 2 is 1.90 bits per heavy atom. The van der Waals surface area contributed by atoms with E-state index in [1.165, 1.54) is 0 Å². The van der Waals surface area contributed by atoms with Gasteiger partial charge in [-0.25, -0.2) is 0 Å². The standard InChI is InChI=1S/C24H36N2O4/c1-18(2)16-23(28)26-14-12-24(13-15-26)11-10-21(30-24)17-25-22(27)9-6-19-4-7-20(29-3)8-5-19/h4-5,7-8,18,21H,6,9-17H2,1-3H3,(H,25,27). The number of carbonyl (C=O) groups excluding carboxylic acids is 2. The molecule has 1 aromatic rings. The van der Waals surface area contributed by atoms with E-state index in [0.29, 0.717) is 31.7 Å². The first-order valence-electron chi connectivity index (χ1n) is 11.2. The van der Waals surface area contributed by atoms with Crippen LogP contribution in [0, 0.1) is 5.92 Å². The minimum atomic E-state index is -0.104. The maximum atomic E-state index is 12.3. The first-order chi connectivity index (χ1) is 14.4. The summed E-state index contributed by atoms with van der Waals surface area (Å²) in [5.74, 6) is 1.54. The van der Waals surface area contributed by atoms with Crippen LogP contribution in [-0.2, 0) is 20.7 Å². The number of amides is 2. The van der Waals surface area contributed by atoms with Crippen LogP contribution in [0.3, 0.4) is 0 Å². The molecule has 2 saturated heterocycles. The summed E-state index contributed by atoms with van der Waals surface area (Å²) in [4.78, 5) is 26.5. The molecule has 1 unspecified atom stereocenters. The smallest absolute Gasteiger partial charge is 0.222 e. The molecule has 2 aliphatic heterocycles. The number of nitrogens with one attached hydrogen (secondary N) is 1. The summed E-state index contributed by atoms with van der Waals surface area (Å²) in [7, 11) is 1.65. The Morgan fingerprint density at radius 1 is 1.20 bits per heavy atom. The predicted octanol–water partition coefficient (Wildman–Crippen LogP) is 3.33. The molecule has 2 amide bonds. The second-order valence-corrected chi connectivity index (χ2v) is 9.09. The van der Waals surface area contributed by atoms with Crippen LogP contribution in [0.1, 0.15) is 57.9 Å². The predicted molar refractivity (Wildman–Crippen MR) is 116 cm³/mol. The number of nitrogens with zero attached hydrogens (tertiary/aromatic N) is 1. The monoisotopic (exact) mass is 416 g/mol. The molecule has 3 rings (SSSR count). The molecule has 2 aliphatic rings. The third-order valence-electron chi connectivity index (χ3n) is 6.28. The van der Waals surface area contributed by atoms with Crippen LogP contribution >= 0.6 is 0 Å². The van der Waals surface area contributed by atoms with E-state index >= 15 is 0 Å². The zero-order chi connectivity index (χ0) is 21.6. The molecule has 6 heteroatoms. The number of benzene rings is 1. The van der Waals surface area contributed by atoms with Gasteiger partial charge in [0.15, 0.2) is 0 Å². The molecule has 30 heavy (non-hydrogen) atoms. The van der Waals surface area contributed by atoms with E-state index in [1.807, 2.05) is 29.2 Å². The molecule has 1 N–H and O–H groups in total. The van der Waals surface area contributed by atoms with E-state index in [1.54, 1.807) is 7.11 Å².